The Morgan fingerprint density at radius 3 is 2.55 bits per heavy atom. The van der Waals surface area contributed by atoms with Gasteiger partial charge in [-0.05, 0) is 37.8 Å². The van der Waals surface area contributed by atoms with Gasteiger partial charge in [-0.3, -0.25) is 24.2 Å². The highest BCUT2D eigenvalue weighted by Gasteiger charge is 2.31. The van der Waals surface area contributed by atoms with Crippen molar-refractivity contribution in [3.63, 3.8) is 0 Å². The van der Waals surface area contributed by atoms with Crippen molar-refractivity contribution in [2.45, 2.75) is 31.7 Å². The summed E-state index contributed by atoms with van der Waals surface area (Å²) >= 11 is 1.26. The Morgan fingerprint density at radius 1 is 1.06 bits per heavy atom. The molecule has 0 radical (unpaired) electrons. The molecule has 47 heavy (non-hydrogen) atoms. The molecule has 3 amide bonds. The van der Waals surface area contributed by atoms with Gasteiger partial charge < -0.3 is 30.7 Å². The number of anilines is 3. The van der Waals surface area contributed by atoms with Crippen LogP contribution in [0.25, 0.3) is 10.6 Å². The molecule has 1 aliphatic carbocycles. The first-order chi connectivity index (χ1) is 24.0. The SMILES string of the molecule is [2H]C([2H])([2H])NC(=O)c1nnc(NC(=O)C2CC2)cc1Nc1cccc(-c2ncc(C(=O)N3CCC(N4CCN(CCO)CC4)CC3)s2)c1OC. The van der Waals surface area contributed by atoms with Gasteiger partial charge in [-0.15, -0.1) is 21.5 Å². The Hall–Kier alpha value is -4.18. The van der Waals surface area contributed by atoms with Crippen molar-refractivity contribution < 1.29 is 28.3 Å². The van der Waals surface area contributed by atoms with Crippen molar-refractivity contribution >= 4 is 46.3 Å². The maximum Gasteiger partial charge on any atom is 0.273 e. The van der Waals surface area contributed by atoms with Crippen molar-refractivity contribution in [1.29, 1.82) is 0 Å². The number of aliphatic hydroxyl groups is 1. The molecule has 3 aliphatic rings. The Kier molecular flexibility index (Phi) is 9.08. The van der Waals surface area contributed by atoms with Gasteiger partial charge in [0.2, 0.25) is 5.91 Å². The molecule has 250 valence electrons. The van der Waals surface area contributed by atoms with Crippen molar-refractivity contribution in [3.8, 4) is 16.3 Å². The second kappa shape index (κ2) is 14.7. The monoisotopic (exact) mass is 666 g/mol. The molecule has 2 saturated heterocycles. The third-order valence-corrected chi connectivity index (χ3v) is 9.87. The number of aromatic nitrogens is 3. The average molecular weight is 667 g/mol. The zero-order chi connectivity index (χ0) is 35.4. The van der Waals surface area contributed by atoms with Crippen LogP contribution in [0.2, 0.25) is 0 Å². The zero-order valence-electron chi connectivity index (χ0n) is 29.2. The van der Waals surface area contributed by atoms with E-state index in [0.29, 0.717) is 52.6 Å². The van der Waals surface area contributed by atoms with Gasteiger partial charge >= 0.3 is 0 Å². The van der Waals surface area contributed by atoms with Crippen molar-refractivity contribution in [3.05, 3.63) is 41.0 Å². The second-order valence-corrected chi connectivity index (χ2v) is 12.9. The Bertz CT molecular complexity index is 1700. The first-order valence-electron chi connectivity index (χ1n) is 17.3. The van der Waals surface area contributed by atoms with Crippen LogP contribution in [0.3, 0.4) is 0 Å². The molecule has 2 aliphatic heterocycles. The van der Waals surface area contributed by atoms with E-state index in [0.717, 1.165) is 51.9 Å². The van der Waals surface area contributed by atoms with E-state index >= 15 is 0 Å². The number of hydrogen-bond acceptors (Lipinski definition) is 12. The molecule has 0 spiro atoms. The highest BCUT2D eigenvalue weighted by Crippen LogP contribution is 2.40. The summed E-state index contributed by atoms with van der Waals surface area (Å²) in [6, 6.07) is 7.11. The molecule has 0 bridgehead atoms. The fourth-order valence-electron chi connectivity index (χ4n) is 6.10. The second-order valence-electron chi connectivity index (χ2n) is 11.9. The molecule has 14 nitrogen and oxygen atoms in total. The van der Waals surface area contributed by atoms with Gasteiger partial charge in [-0.2, -0.15) is 0 Å². The zero-order valence-corrected chi connectivity index (χ0v) is 27.0. The maximum absolute atomic E-state index is 13.5. The van der Waals surface area contributed by atoms with Crippen LogP contribution in [-0.2, 0) is 4.79 Å². The number of hydrogen-bond donors (Lipinski definition) is 4. The van der Waals surface area contributed by atoms with Crippen LogP contribution >= 0.6 is 11.3 Å². The Balaban J connectivity index is 1.17. The third-order valence-electron chi connectivity index (χ3n) is 8.85. The van der Waals surface area contributed by atoms with E-state index in [4.69, 9.17) is 8.85 Å². The van der Waals surface area contributed by atoms with Crippen LogP contribution in [0.4, 0.5) is 17.2 Å². The summed E-state index contributed by atoms with van der Waals surface area (Å²) < 4.78 is 28.2. The number of amides is 3. The number of thiazole rings is 1. The van der Waals surface area contributed by atoms with Crippen LogP contribution < -0.4 is 20.7 Å². The first-order valence-corrected chi connectivity index (χ1v) is 16.6. The number of aliphatic hydroxyl groups excluding tert-OH is 1. The van der Waals surface area contributed by atoms with Gasteiger partial charge in [0.25, 0.3) is 11.8 Å². The quantitative estimate of drug-likeness (QED) is 0.237. The number of methoxy groups -OCH3 is 1. The van der Waals surface area contributed by atoms with Gasteiger partial charge in [-0.25, -0.2) is 4.98 Å². The van der Waals surface area contributed by atoms with Gasteiger partial charge in [-0.1, -0.05) is 6.07 Å². The minimum absolute atomic E-state index is 0.0678. The molecular formula is C32H41N9O5S. The number of carbonyl (C=O) groups is 3. The summed E-state index contributed by atoms with van der Waals surface area (Å²) in [6.07, 6.45) is 4.94. The number of likely N-dealkylation sites (tertiary alicyclic amines) is 1. The molecule has 0 unspecified atom stereocenters. The van der Waals surface area contributed by atoms with E-state index in [9.17, 15) is 19.5 Å². The smallest absolute Gasteiger partial charge is 0.273 e. The van der Waals surface area contributed by atoms with Crippen LogP contribution in [-0.4, -0.2) is 125 Å². The van der Waals surface area contributed by atoms with Crippen molar-refractivity contribution in [2.24, 2.45) is 5.92 Å². The van der Waals surface area contributed by atoms with Crippen molar-refractivity contribution in [1.82, 2.24) is 35.2 Å². The number of para-hydroxylation sites is 1. The molecule has 1 aromatic carbocycles. The van der Waals surface area contributed by atoms with Crippen LogP contribution in [0.1, 0.15) is 50.0 Å². The number of piperidine rings is 1. The molecule has 3 fully saturated rings. The van der Waals surface area contributed by atoms with E-state index in [-0.39, 0.29) is 41.5 Å². The fraction of sp³-hybridized carbons (Fsp3) is 0.500. The summed E-state index contributed by atoms with van der Waals surface area (Å²) in [6.45, 7) is 3.29. The lowest BCUT2D eigenvalue weighted by atomic mass is 10.0. The first kappa shape index (κ1) is 29.0. The molecule has 1 saturated carbocycles. The standard InChI is InChI=1S/C32H41N9O5S/c1-33-30(44)27-24(18-26(37-38-27)36-29(43)20-6-7-20)35-23-5-3-4-22(28(23)46-2)31-34-19-25(47-31)32(45)41-10-8-21(9-11-41)40-14-12-39(13-15-40)16-17-42/h3-5,18-21,42H,6-17H2,1-2H3,(H,33,44)(H2,35,36,37,43)/i1D3. The van der Waals surface area contributed by atoms with Crippen LogP contribution in [0.15, 0.2) is 30.5 Å². The van der Waals surface area contributed by atoms with E-state index in [1.165, 1.54) is 24.5 Å². The Labute approximate surface area is 281 Å². The maximum atomic E-state index is 13.5. The van der Waals surface area contributed by atoms with Crippen LogP contribution in [0.5, 0.6) is 5.75 Å². The molecule has 4 N–H and O–H groups in total. The minimum atomic E-state index is -2.76. The summed E-state index contributed by atoms with van der Waals surface area (Å²) in [5.41, 5.74) is 0.794. The predicted octanol–water partition coefficient (Wildman–Crippen LogP) is 2.27. The van der Waals surface area contributed by atoms with E-state index in [1.807, 2.05) is 10.2 Å². The molecule has 0 atom stereocenters. The number of piperazine rings is 1. The number of nitrogens with zero attached hydrogens (tertiary/aromatic N) is 6. The third kappa shape index (κ3) is 7.53. The molecule has 15 heteroatoms. The van der Waals surface area contributed by atoms with Gasteiger partial charge in [0.15, 0.2) is 17.3 Å². The predicted molar refractivity (Wildman–Crippen MR) is 178 cm³/mol. The Morgan fingerprint density at radius 2 is 1.85 bits per heavy atom. The molecule has 2 aromatic heterocycles. The number of rotatable bonds is 11. The highest BCUT2D eigenvalue weighted by atomic mass is 32.1. The van der Waals surface area contributed by atoms with E-state index < -0.39 is 12.9 Å². The highest BCUT2D eigenvalue weighted by molar-refractivity contribution is 7.17. The van der Waals surface area contributed by atoms with Gasteiger partial charge in [0.05, 0.1) is 36.9 Å². The van der Waals surface area contributed by atoms with E-state index in [1.54, 1.807) is 24.4 Å². The number of ether oxygens (including phenoxy) is 1. The van der Waals surface area contributed by atoms with Gasteiger partial charge in [0, 0.05) is 74.9 Å². The molecule has 4 heterocycles. The van der Waals surface area contributed by atoms with Crippen LogP contribution in [0, 0.1) is 5.92 Å². The number of carbonyl (C=O) groups excluding carboxylic acids is 3. The molecule has 6 rings (SSSR count). The number of nitrogens with one attached hydrogen (secondary N) is 3. The molecule has 3 aromatic rings. The number of benzene rings is 1. The summed E-state index contributed by atoms with van der Waals surface area (Å²) in [5.74, 6) is -0.905. The van der Waals surface area contributed by atoms with E-state index in [2.05, 4.69) is 35.6 Å². The van der Waals surface area contributed by atoms with Crippen molar-refractivity contribution in [2.75, 3.05) is 77.1 Å². The number of β-amino-alcohol motifs (C(OH)–C–C–N with tert-alkyl or cyclic N) is 1. The molecular weight excluding hydrogens is 622 g/mol. The largest absolute Gasteiger partial charge is 0.494 e. The van der Waals surface area contributed by atoms with Gasteiger partial charge in [0.1, 0.15) is 9.88 Å². The minimum Gasteiger partial charge on any atom is -0.494 e. The normalized spacial score (nSPS) is 18.9. The average Bonchev–Trinajstić information content (AvgIpc) is 3.84. The summed E-state index contributed by atoms with van der Waals surface area (Å²) in [7, 11) is 1.48. The fourth-order valence-corrected chi connectivity index (χ4v) is 7.00. The topological polar surface area (TPSA) is 165 Å². The summed E-state index contributed by atoms with van der Waals surface area (Å²) in [5, 5.41) is 25.4. The lowest BCUT2D eigenvalue weighted by Gasteiger charge is -2.42. The summed E-state index contributed by atoms with van der Waals surface area (Å²) in [4.78, 5) is 50.6. The lowest BCUT2D eigenvalue weighted by molar-refractivity contribution is -0.117. The lowest BCUT2D eigenvalue weighted by Crippen LogP contribution is -2.54.